The molecular weight excluding hydrogens is 569 g/mol. The summed E-state index contributed by atoms with van der Waals surface area (Å²) in [5.41, 5.74) is 6.34. The summed E-state index contributed by atoms with van der Waals surface area (Å²) in [6.45, 7) is 5.62. The van der Waals surface area contributed by atoms with Gasteiger partial charge in [0.25, 0.3) is 7.82 Å². The Labute approximate surface area is 266 Å². The monoisotopic (exact) mass is 623 g/mol. The number of phosphoric ester groups is 1. The Bertz CT molecular complexity index is 1270. The average Bonchev–Trinajstić information content (AvgIpc) is 3.49. The van der Waals surface area contributed by atoms with Crippen LogP contribution in [0.4, 0.5) is 0 Å². The highest BCUT2D eigenvalue weighted by molar-refractivity contribution is 7.45. The van der Waals surface area contributed by atoms with Gasteiger partial charge in [-0.3, -0.25) is 4.57 Å². The number of nitrogens with zero attached hydrogens (tertiary/aromatic N) is 1. The number of unbranched alkanes of at least 4 members (excludes halogenated alkanes) is 7. The quantitative estimate of drug-likeness (QED) is 0.0974. The van der Waals surface area contributed by atoms with Crippen molar-refractivity contribution in [3.8, 4) is 0 Å². The minimum absolute atomic E-state index is 0.140. The van der Waals surface area contributed by atoms with E-state index >= 15 is 0 Å². The number of likely N-dealkylation sites (N-methyl/N-ethyl adjacent to an activating group) is 1. The van der Waals surface area contributed by atoms with Crippen LogP contribution >= 0.6 is 7.82 Å². The summed E-state index contributed by atoms with van der Waals surface area (Å²) < 4.78 is 22.5. The van der Waals surface area contributed by atoms with Crippen LogP contribution in [-0.4, -0.2) is 56.6 Å². The van der Waals surface area contributed by atoms with Crippen LogP contribution in [0.3, 0.4) is 0 Å². The van der Waals surface area contributed by atoms with Crippen molar-refractivity contribution in [2.45, 2.75) is 83.2 Å². The first kappa shape index (κ1) is 34.8. The molecule has 0 radical (unpaired) electrons. The van der Waals surface area contributed by atoms with Crippen molar-refractivity contribution in [3.05, 3.63) is 83.9 Å². The van der Waals surface area contributed by atoms with Crippen LogP contribution in [0.5, 0.6) is 0 Å². The molecule has 44 heavy (non-hydrogen) atoms. The van der Waals surface area contributed by atoms with Gasteiger partial charge in [-0.2, -0.15) is 0 Å². The summed E-state index contributed by atoms with van der Waals surface area (Å²) in [4.78, 5) is 11.9. The van der Waals surface area contributed by atoms with E-state index in [0.29, 0.717) is 11.0 Å². The Morgan fingerprint density at radius 1 is 0.909 bits per heavy atom. The van der Waals surface area contributed by atoms with Crippen LogP contribution in [0.1, 0.15) is 88.2 Å². The van der Waals surface area contributed by atoms with E-state index in [-0.39, 0.29) is 30.7 Å². The Morgan fingerprint density at radius 2 is 1.48 bits per heavy atom. The van der Waals surface area contributed by atoms with Gasteiger partial charge in [0.05, 0.1) is 33.9 Å². The van der Waals surface area contributed by atoms with Crippen molar-refractivity contribution < 1.29 is 28.1 Å². The van der Waals surface area contributed by atoms with Gasteiger partial charge in [-0.1, -0.05) is 111 Å². The minimum Gasteiger partial charge on any atom is -0.756 e. The van der Waals surface area contributed by atoms with E-state index in [1.165, 1.54) is 41.5 Å². The van der Waals surface area contributed by atoms with Crippen molar-refractivity contribution in [3.63, 3.8) is 0 Å². The summed E-state index contributed by atoms with van der Waals surface area (Å²) in [6, 6.07) is 21.4. The van der Waals surface area contributed by atoms with Gasteiger partial charge >= 0.3 is 0 Å². The molecule has 1 fully saturated rings. The molecule has 0 aromatic heterocycles. The fourth-order valence-corrected chi connectivity index (χ4v) is 7.98. The van der Waals surface area contributed by atoms with Gasteiger partial charge < -0.3 is 23.5 Å². The second-order valence-electron chi connectivity index (χ2n) is 13.8. The van der Waals surface area contributed by atoms with E-state index < -0.39 is 7.82 Å². The zero-order valence-electron chi connectivity index (χ0n) is 27.2. The van der Waals surface area contributed by atoms with E-state index in [2.05, 4.69) is 67.2 Å². The third-order valence-electron chi connectivity index (χ3n) is 9.55. The number of fused-ring (bicyclic) bond motifs is 1. The SMILES string of the molecule is C=C(c1ccccc1)C12CCC(O)C1CC(CCCCCCCCCCOP(=O)([O-])OCC[N+](C)(C)C)=C2c1ccccc1. The van der Waals surface area contributed by atoms with Crippen molar-refractivity contribution >= 4 is 19.0 Å². The lowest BCUT2D eigenvalue weighted by Crippen LogP contribution is -2.37. The number of rotatable bonds is 19. The summed E-state index contributed by atoms with van der Waals surface area (Å²) in [7, 11) is 1.77. The van der Waals surface area contributed by atoms with Crippen LogP contribution < -0.4 is 4.89 Å². The molecule has 2 aliphatic carbocycles. The van der Waals surface area contributed by atoms with E-state index in [1.54, 1.807) is 0 Å². The van der Waals surface area contributed by atoms with Crippen LogP contribution in [0.25, 0.3) is 11.1 Å². The number of quaternary nitrogens is 1. The van der Waals surface area contributed by atoms with Gasteiger partial charge in [0.15, 0.2) is 0 Å². The van der Waals surface area contributed by atoms with E-state index in [1.807, 2.05) is 21.1 Å². The highest BCUT2D eigenvalue weighted by atomic mass is 31.2. The molecule has 2 aromatic rings. The molecule has 1 saturated carbocycles. The number of benzene rings is 2. The number of allylic oxidation sites excluding steroid dienone is 3. The Balaban J connectivity index is 1.23. The molecule has 0 spiro atoms. The molecule has 2 aromatic carbocycles. The fourth-order valence-electron chi connectivity index (χ4n) is 7.25. The maximum Gasteiger partial charge on any atom is 0.268 e. The summed E-state index contributed by atoms with van der Waals surface area (Å²) in [6.07, 6.45) is 12.2. The van der Waals surface area contributed by atoms with Crippen molar-refractivity contribution in [2.75, 3.05) is 40.9 Å². The van der Waals surface area contributed by atoms with Gasteiger partial charge in [0.1, 0.15) is 13.2 Å². The molecule has 242 valence electrons. The lowest BCUT2D eigenvalue weighted by Gasteiger charge is -2.37. The molecule has 0 amide bonds. The van der Waals surface area contributed by atoms with E-state index in [4.69, 9.17) is 9.05 Å². The minimum atomic E-state index is -4.20. The number of hydrogen-bond donors (Lipinski definition) is 1. The maximum atomic E-state index is 11.9. The highest BCUT2D eigenvalue weighted by Crippen LogP contribution is 2.66. The molecule has 0 bridgehead atoms. The second kappa shape index (κ2) is 16.0. The smallest absolute Gasteiger partial charge is 0.268 e. The maximum absolute atomic E-state index is 11.9. The van der Waals surface area contributed by atoms with Gasteiger partial charge in [-0.05, 0) is 60.8 Å². The van der Waals surface area contributed by atoms with E-state index in [0.717, 1.165) is 63.4 Å². The normalized spacial score (nSPS) is 23.1. The fraction of sp³-hybridized carbons (Fsp3) is 0.568. The van der Waals surface area contributed by atoms with Crippen LogP contribution in [0, 0.1) is 11.3 Å². The zero-order valence-corrected chi connectivity index (χ0v) is 28.1. The summed E-state index contributed by atoms with van der Waals surface area (Å²) >= 11 is 0. The Hall–Kier alpha value is -2.05. The molecule has 4 unspecified atom stereocenters. The first-order valence-electron chi connectivity index (χ1n) is 16.6. The number of phosphoric acid groups is 1. The standard InChI is InChI=1S/C37H54NO5P/c1-30(31-19-14-11-15-20-31)37-25-24-35(39)34(37)29-33(36(37)32-21-16-12-17-22-32)23-13-9-7-5-6-8-10-18-27-42-44(40,41)43-28-26-38(2,3)4/h11-12,14-17,19-22,34-35,39H,1,5-10,13,18,23-29H2,2-4H3. The molecule has 1 N–H and O–H groups in total. The Morgan fingerprint density at radius 3 is 2.11 bits per heavy atom. The third-order valence-corrected chi connectivity index (χ3v) is 10.6. The highest BCUT2D eigenvalue weighted by Gasteiger charge is 2.56. The largest absolute Gasteiger partial charge is 0.756 e. The zero-order chi connectivity index (χ0) is 31.6. The van der Waals surface area contributed by atoms with Gasteiger partial charge in [-0.15, -0.1) is 0 Å². The summed E-state index contributed by atoms with van der Waals surface area (Å²) in [5, 5.41) is 11.2. The first-order valence-corrected chi connectivity index (χ1v) is 18.1. The molecule has 6 nitrogen and oxygen atoms in total. The van der Waals surface area contributed by atoms with Gasteiger partial charge in [0, 0.05) is 11.3 Å². The molecule has 4 rings (SSSR count). The van der Waals surface area contributed by atoms with E-state index in [9.17, 15) is 14.6 Å². The predicted molar refractivity (Wildman–Crippen MR) is 179 cm³/mol. The average molecular weight is 624 g/mol. The number of hydrogen-bond acceptors (Lipinski definition) is 5. The molecular formula is C37H54NO5P. The van der Waals surface area contributed by atoms with Crippen molar-refractivity contribution in [1.29, 1.82) is 0 Å². The Kier molecular flexibility index (Phi) is 12.6. The molecule has 0 aliphatic heterocycles. The van der Waals surface area contributed by atoms with Crippen molar-refractivity contribution in [2.24, 2.45) is 11.3 Å². The van der Waals surface area contributed by atoms with Crippen LogP contribution in [0.15, 0.2) is 72.8 Å². The molecule has 2 aliphatic rings. The third kappa shape index (κ3) is 9.25. The lowest BCUT2D eigenvalue weighted by molar-refractivity contribution is -0.870. The van der Waals surface area contributed by atoms with Crippen molar-refractivity contribution in [1.82, 2.24) is 0 Å². The summed E-state index contributed by atoms with van der Waals surface area (Å²) in [5.74, 6) is 0.189. The molecule has 0 saturated heterocycles. The molecule has 4 atom stereocenters. The number of aliphatic hydroxyl groups is 1. The number of aliphatic hydroxyl groups excluding tert-OH is 1. The second-order valence-corrected chi connectivity index (χ2v) is 15.2. The predicted octanol–water partition coefficient (Wildman–Crippen LogP) is 8.03. The molecule has 7 heteroatoms. The van der Waals surface area contributed by atoms with Gasteiger partial charge in [-0.25, -0.2) is 0 Å². The topological polar surface area (TPSA) is 78.8 Å². The van der Waals surface area contributed by atoms with Crippen LogP contribution in [-0.2, 0) is 13.6 Å². The van der Waals surface area contributed by atoms with Crippen LogP contribution in [0.2, 0.25) is 0 Å². The molecule has 0 heterocycles. The lowest BCUT2D eigenvalue weighted by atomic mass is 9.66. The first-order chi connectivity index (χ1) is 21.0. The van der Waals surface area contributed by atoms with Gasteiger partial charge in [0.2, 0.25) is 0 Å².